The molecule has 198 valence electrons. The Kier molecular flexibility index (Phi) is 9.15. The lowest BCUT2D eigenvalue weighted by atomic mass is 9.79. The number of hydrogen-bond donors (Lipinski definition) is 1. The van der Waals surface area contributed by atoms with E-state index in [9.17, 15) is 5.11 Å². The first-order valence-corrected chi connectivity index (χ1v) is 13.9. The predicted molar refractivity (Wildman–Crippen MR) is 155 cm³/mol. The molecule has 0 amide bonds. The number of phenols is 1. The van der Waals surface area contributed by atoms with Gasteiger partial charge in [0.2, 0.25) is 0 Å². The minimum Gasteiger partial charge on any atom is -0.508 e. The Morgan fingerprint density at radius 3 is 2.43 bits per heavy atom. The van der Waals surface area contributed by atoms with Crippen molar-refractivity contribution in [3.63, 3.8) is 0 Å². The summed E-state index contributed by atoms with van der Waals surface area (Å²) in [5, 5.41) is 9.90. The summed E-state index contributed by atoms with van der Waals surface area (Å²) in [6, 6.07) is 21.6. The van der Waals surface area contributed by atoms with Crippen LogP contribution in [0.2, 0.25) is 0 Å². The fraction of sp³-hybridized carbons (Fsp3) is 0.455. The lowest BCUT2D eigenvalue weighted by Crippen LogP contribution is -2.25. The summed E-state index contributed by atoms with van der Waals surface area (Å²) in [5.74, 6) is 2.43. The Morgan fingerprint density at radius 1 is 0.973 bits per heavy atom. The van der Waals surface area contributed by atoms with Gasteiger partial charge in [-0.15, -0.1) is 0 Å². The molecular weight excluding hydrogens is 456 g/mol. The van der Waals surface area contributed by atoms with Crippen molar-refractivity contribution >= 4 is 5.69 Å². The highest BCUT2D eigenvalue weighted by Gasteiger charge is 2.24. The number of fused-ring (bicyclic) bond motifs is 1. The minimum absolute atomic E-state index is 0.369. The van der Waals surface area contributed by atoms with Crippen LogP contribution >= 0.6 is 0 Å². The molecule has 1 N–H and O–H groups in total. The largest absolute Gasteiger partial charge is 0.508 e. The van der Waals surface area contributed by atoms with E-state index in [4.69, 9.17) is 4.74 Å². The third-order valence-corrected chi connectivity index (χ3v) is 7.67. The maximum Gasteiger partial charge on any atom is 0.120 e. The van der Waals surface area contributed by atoms with Crippen LogP contribution in [0.15, 0.2) is 60.7 Å². The SMILES string of the molecule is CCN(Cc1ccc(CCN(C)CC(C)C)cc1)c1cc(OC)ccc1[C@@H]1CCc2cc(O)ccc2C1. The smallest absolute Gasteiger partial charge is 0.120 e. The molecule has 1 aliphatic rings. The van der Waals surface area contributed by atoms with E-state index in [1.807, 2.05) is 12.1 Å². The van der Waals surface area contributed by atoms with E-state index in [2.05, 4.69) is 86.1 Å². The summed E-state index contributed by atoms with van der Waals surface area (Å²) in [6.07, 6.45) is 4.18. The first kappa shape index (κ1) is 27.1. The Morgan fingerprint density at radius 2 is 1.73 bits per heavy atom. The van der Waals surface area contributed by atoms with Crippen LogP contribution in [0.5, 0.6) is 11.5 Å². The maximum atomic E-state index is 9.90. The van der Waals surface area contributed by atoms with Crippen LogP contribution in [0.4, 0.5) is 5.69 Å². The van der Waals surface area contributed by atoms with Crippen LogP contribution in [0.25, 0.3) is 0 Å². The molecule has 0 saturated heterocycles. The van der Waals surface area contributed by atoms with Gasteiger partial charge in [-0.2, -0.15) is 0 Å². The molecule has 0 aromatic heterocycles. The van der Waals surface area contributed by atoms with E-state index in [1.54, 1.807) is 7.11 Å². The average Bonchev–Trinajstić information content (AvgIpc) is 2.90. The van der Waals surface area contributed by atoms with Crippen molar-refractivity contribution in [3.8, 4) is 11.5 Å². The zero-order valence-corrected chi connectivity index (χ0v) is 23.3. The van der Waals surface area contributed by atoms with Crippen LogP contribution in [-0.4, -0.2) is 43.8 Å². The Hall–Kier alpha value is -2.98. The molecule has 3 aromatic rings. The highest BCUT2D eigenvalue weighted by atomic mass is 16.5. The number of nitrogens with zero attached hydrogens (tertiary/aromatic N) is 2. The number of likely N-dealkylation sites (N-methyl/N-ethyl adjacent to an activating group) is 1. The molecule has 0 radical (unpaired) electrons. The molecule has 4 rings (SSSR count). The lowest BCUT2D eigenvalue weighted by molar-refractivity contribution is 0.299. The van der Waals surface area contributed by atoms with Crippen molar-refractivity contribution in [2.45, 2.75) is 58.9 Å². The monoisotopic (exact) mass is 500 g/mol. The third-order valence-electron chi connectivity index (χ3n) is 7.67. The minimum atomic E-state index is 0.369. The van der Waals surface area contributed by atoms with Gasteiger partial charge < -0.3 is 19.6 Å². The van der Waals surface area contributed by atoms with Gasteiger partial charge in [0.1, 0.15) is 11.5 Å². The van der Waals surface area contributed by atoms with Gasteiger partial charge in [0.15, 0.2) is 0 Å². The number of aryl methyl sites for hydroxylation is 1. The second kappa shape index (κ2) is 12.5. The highest BCUT2D eigenvalue weighted by molar-refractivity contribution is 5.60. The molecule has 0 bridgehead atoms. The van der Waals surface area contributed by atoms with E-state index in [0.29, 0.717) is 17.6 Å². The van der Waals surface area contributed by atoms with Crippen LogP contribution in [0.3, 0.4) is 0 Å². The molecule has 0 spiro atoms. The second-order valence-corrected chi connectivity index (χ2v) is 11.1. The predicted octanol–water partition coefficient (Wildman–Crippen LogP) is 6.83. The summed E-state index contributed by atoms with van der Waals surface area (Å²) >= 11 is 0. The van der Waals surface area contributed by atoms with Gasteiger partial charge >= 0.3 is 0 Å². The standard InChI is InChI=1S/C33H44N2O2/c1-6-35(23-26-9-7-25(8-10-26)17-18-34(4)22-24(2)3)33-21-31(37-5)15-16-32(33)29-12-11-28-20-30(36)14-13-27(28)19-29/h7-10,13-16,20-21,24,29,36H,6,11-12,17-19,22-23H2,1-5H3/t29-/m1/s1. The number of phenolic OH excluding ortho intramolecular Hbond substituents is 1. The highest BCUT2D eigenvalue weighted by Crippen LogP contribution is 2.40. The van der Waals surface area contributed by atoms with Crippen molar-refractivity contribution in [2.24, 2.45) is 5.92 Å². The van der Waals surface area contributed by atoms with Gasteiger partial charge in [0.25, 0.3) is 0 Å². The number of ether oxygens (including phenoxy) is 1. The molecule has 0 heterocycles. The quantitative estimate of drug-likeness (QED) is 0.313. The molecule has 4 nitrogen and oxygen atoms in total. The molecule has 37 heavy (non-hydrogen) atoms. The van der Waals surface area contributed by atoms with E-state index < -0.39 is 0 Å². The molecule has 1 aliphatic carbocycles. The summed E-state index contributed by atoms with van der Waals surface area (Å²) in [5.41, 5.74) is 8.04. The van der Waals surface area contributed by atoms with Crippen molar-refractivity contribution in [1.29, 1.82) is 0 Å². The Balaban J connectivity index is 1.50. The summed E-state index contributed by atoms with van der Waals surface area (Å²) < 4.78 is 5.64. The zero-order valence-electron chi connectivity index (χ0n) is 23.3. The molecule has 3 aromatic carbocycles. The molecule has 0 fully saturated rings. The maximum absolute atomic E-state index is 9.90. The first-order valence-electron chi connectivity index (χ1n) is 13.9. The molecule has 0 unspecified atom stereocenters. The van der Waals surface area contributed by atoms with Crippen LogP contribution in [0, 0.1) is 5.92 Å². The number of aromatic hydroxyl groups is 1. The normalized spacial score (nSPS) is 15.2. The molecular formula is C33H44N2O2. The van der Waals surface area contributed by atoms with Crippen LogP contribution in [-0.2, 0) is 25.8 Å². The van der Waals surface area contributed by atoms with E-state index in [0.717, 1.165) is 57.6 Å². The van der Waals surface area contributed by atoms with Crippen molar-refractivity contribution in [1.82, 2.24) is 4.90 Å². The molecule has 4 heteroatoms. The van der Waals surface area contributed by atoms with Gasteiger partial charge in [-0.3, -0.25) is 0 Å². The molecule has 0 aliphatic heterocycles. The zero-order chi connectivity index (χ0) is 26.4. The lowest BCUT2D eigenvalue weighted by Gasteiger charge is -2.32. The van der Waals surface area contributed by atoms with E-state index >= 15 is 0 Å². The van der Waals surface area contributed by atoms with Gasteiger partial charge in [0.05, 0.1) is 7.11 Å². The number of methoxy groups -OCH3 is 1. The number of hydrogen-bond acceptors (Lipinski definition) is 4. The first-order chi connectivity index (χ1) is 17.9. The van der Waals surface area contributed by atoms with Gasteiger partial charge in [-0.05, 0) is 97.5 Å². The topological polar surface area (TPSA) is 35.9 Å². The number of benzene rings is 3. The van der Waals surface area contributed by atoms with Gasteiger partial charge in [-0.25, -0.2) is 0 Å². The second-order valence-electron chi connectivity index (χ2n) is 11.1. The van der Waals surface area contributed by atoms with Crippen LogP contribution < -0.4 is 9.64 Å². The fourth-order valence-electron chi connectivity index (χ4n) is 5.71. The fourth-order valence-corrected chi connectivity index (χ4v) is 5.71. The van der Waals surface area contributed by atoms with E-state index in [-0.39, 0.29) is 0 Å². The summed E-state index contributed by atoms with van der Waals surface area (Å²) in [6.45, 7) is 10.8. The summed E-state index contributed by atoms with van der Waals surface area (Å²) in [7, 11) is 3.96. The number of rotatable bonds is 11. The van der Waals surface area contributed by atoms with Gasteiger partial charge in [0, 0.05) is 37.9 Å². The Labute approximate surface area is 223 Å². The molecule has 0 saturated carbocycles. The van der Waals surface area contributed by atoms with Gasteiger partial charge in [-0.1, -0.05) is 50.2 Å². The van der Waals surface area contributed by atoms with Crippen molar-refractivity contribution in [2.75, 3.05) is 38.7 Å². The Bertz CT molecular complexity index is 1160. The van der Waals surface area contributed by atoms with E-state index in [1.165, 1.54) is 33.5 Å². The van der Waals surface area contributed by atoms with Crippen LogP contribution in [0.1, 0.15) is 60.9 Å². The number of anilines is 1. The third kappa shape index (κ3) is 7.07. The van der Waals surface area contributed by atoms with Crippen molar-refractivity contribution in [3.05, 3.63) is 88.5 Å². The van der Waals surface area contributed by atoms with Crippen molar-refractivity contribution < 1.29 is 9.84 Å². The average molecular weight is 501 g/mol. The summed E-state index contributed by atoms with van der Waals surface area (Å²) in [4.78, 5) is 4.91. The molecule has 1 atom stereocenters.